The van der Waals surface area contributed by atoms with Crippen LogP contribution in [0.1, 0.15) is 149 Å². The van der Waals surface area contributed by atoms with Gasteiger partial charge in [0.25, 0.3) is 0 Å². The van der Waals surface area contributed by atoms with Crippen LogP contribution < -0.4 is 0 Å². The van der Waals surface area contributed by atoms with Crippen molar-refractivity contribution in [3.8, 4) is 0 Å². The fourth-order valence-corrected chi connectivity index (χ4v) is 3.94. The van der Waals surface area contributed by atoms with E-state index >= 15 is 0 Å². The van der Waals surface area contributed by atoms with Gasteiger partial charge in [-0.3, -0.25) is 0 Å². The zero-order valence-corrected chi connectivity index (χ0v) is 19.5. The summed E-state index contributed by atoms with van der Waals surface area (Å²) >= 11 is 0. The van der Waals surface area contributed by atoms with Crippen LogP contribution in [0.4, 0.5) is 0 Å². The molecule has 1 atom stereocenters. The molecule has 0 heterocycles. The first-order valence-corrected chi connectivity index (χ1v) is 12.9. The van der Waals surface area contributed by atoms with Crippen LogP contribution in [0.5, 0.6) is 0 Å². The Kier molecular flexibility index (Phi) is 24.0. The van der Waals surface area contributed by atoms with E-state index in [0.717, 1.165) is 19.1 Å². The minimum absolute atomic E-state index is 0.821. The van der Waals surface area contributed by atoms with Gasteiger partial charge >= 0.3 is 0 Å². The molecule has 1 unspecified atom stereocenters. The number of rotatable bonds is 23. The van der Waals surface area contributed by atoms with Crippen molar-refractivity contribution in [2.75, 3.05) is 13.2 Å². The Morgan fingerprint density at radius 1 is 0.444 bits per heavy atom. The summed E-state index contributed by atoms with van der Waals surface area (Å²) in [6.07, 6.45) is 28.2. The lowest BCUT2D eigenvalue weighted by molar-refractivity contribution is 0.0888. The molecule has 27 heavy (non-hydrogen) atoms. The fourth-order valence-electron chi connectivity index (χ4n) is 3.94. The van der Waals surface area contributed by atoms with E-state index < -0.39 is 0 Å². The molecule has 0 saturated heterocycles. The predicted octanol–water partition coefficient (Wildman–Crippen LogP) is 9.48. The van der Waals surface area contributed by atoms with E-state index in [1.807, 2.05) is 0 Å². The first-order chi connectivity index (χ1) is 13.3. The van der Waals surface area contributed by atoms with Crippen LogP contribution in [0.3, 0.4) is 0 Å². The van der Waals surface area contributed by atoms with Crippen molar-refractivity contribution in [2.45, 2.75) is 149 Å². The van der Waals surface area contributed by atoms with E-state index in [-0.39, 0.29) is 0 Å². The zero-order chi connectivity index (χ0) is 19.8. The molecule has 0 spiro atoms. The zero-order valence-electron chi connectivity index (χ0n) is 19.5. The lowest BCUT2D eigenvalue weighted by Crippen LogP contribution is -2.11. The van der Waals surface area contributed by atoms with Crippen LogP contribution in [-0.2, 0) is 4.74 Å². The molecule has 0 saturated carbocycles. The standard InChI is InChI=1S/C26H54O/c1-4-7-10-12-13-14-15-16-17-18-19-21-23-26(22-20-11-8-5-2)25-27-24-9-6-3/h26H,4-25H2,1-3H3. The molecular weight excluding hydrogens is 328 g/mol. The highest BCUT2D eigenvalue weighted by atomic mass is 16.5. The van der Waals surface area contributed by atoms with E-state index in [1.165, 1.54) is 128 Å². The van der Waals surface area contributed by atoms with Gasteiger partial charge in [-0.1, -0.05) is 130 Å². The Morgan fingerprint density at radius 3 is 1.26 bits per heavy atom. The van der Waals surface area contributed by atoms with Crippen LogP contribution in [0.2, 0.25) is 0 Å². The lowest BCUT2D eigenvalue weighted by Gasteiger charge is -2.17. The number of ether oxygens (including phenoxy) is 1. The normalized spacial score (nSPS) is 12.6. The van der Waals surface area contributed by atoms with Crippen molar-refractivity contribution >= 4 is 0 Å². The molecule has 0 N–H and O–H groups in total. The first-order valence-electron chi connectivity index (χ1n) is 12.9. The van der Waals surface area contributed by atoms with Crippen molar-refractivity contribution < 1.29 is 4.74 Å². The summed E-state index contributed by atoms with van der Waals surface area (Å²) in [7, 11) is 0. The van der Waals surface area contributed by atoms with Crippen LogP contribution >= 0.6 is 0 Å². The van der Waals surface area contributed by atoms with Crippen LogP contribution in [-0.4, -0.2) is 13.2 Å². The summed E-state index contributed by atoms with van der Waals surface area (Å²) in [6.45, 7) is 8.84. The number of hydrogen-bond donors (Lipinski definition) is 0. The van der Waals surface area contributed by atoms with E-state index in [4.69, 9.17) is 4.74 Å². The molecule has 0 aromatic rings. The molecule has 0 amide bonds. The predicted molar refractivity (Wildman–Crippen MR) is 124 cm³/mol. The van der Waals surface area contributed by atoms with Gasteiger partial charge in [0.2, 0.25) is 0 Å². The highest BCUT2D eigenvalue weighted by Gasteiger charge is 2.09. The molecule has 1 nitrogen and oxygen atoms in total. The molecule has 0 aliphatic carbocycles. The van der Waals surface area contributed by atoms with E-state index in [1.54, 1.807) is 0 Å². The summed E-state index contributed by atoms with van der Waals surface area (Å²) in [5.74, 6) is 0.821. The average Bonchev–Trinajstić information content (AvgIpc) is 2.68. The molecule has 0 aliphatic heterocycles. The van der Waals surface area contributed by atoms with Gasteiger partial charge in [-0.15, -0.1) is 0 Å². The van der Waals surface area contributed by atoms with Crippen molar-refractivity contribution in [3.05, 3.63) is 0 Å². The minimum atomic E-state index is 0.821. The second kappa shape index (κ2) is 24.0. The second-order valence-corrected chi connectivity index (χ2v) is 8.82. The van der Waals surface area contributed by atoms with Crippen LogP contribution in [0.15, 0.2) is 0 Å². The largest absolute Gasteiger partial charge is 0.381 e. The minimum Gasteiger partial charge on any atom is -0.381 e. The summed E-state index contributed by atoms with van der Waals surface area (Å²) in [4.78, 5) is 0. The maximum Gasteiger partial charge on any atom is 0.0494 e. The Hall–Kier alpha value is -0.0400. The number of unbranched alkanes of at least 4 members (excludes halogenated alkanes) is 15. The molecule has 0 aromatic carbocycles. The monoisotopic (exact) mass is 382 g/mol. The molecule has 0 radical (unpaired) electrons. The lowest BCUT2D eigenvalue weighted by atomic mass is 9.95. The van der Waals surface area contributed by atoms with Crippen molar-refractivity contribution in [2.24, 2.45) is 5.92 Å². The van der Waals surface area contributed by atoms with Crippen LogP contribution in [0, 0.1) is 5.92 Å². The Labute approximate surface area is 173 Å². The van der Waals surface area contributed by atoms with E-state index in [2.05, 4.69) is 20.8 Å². The average molecular weight is 383 g/mol. The summed E-state index contributed by atoms with van der Waals surface area (Å²) in [5, 5.41) is 0. The highest BCUT2D eigenvalue weighted by Crippen LogP contribution is 2.20. The van der Waals surface area contributed by atoms with Crippen molar-refractivity contribution in [1.82, 2.24) is 0 Å². The van der Waals surface area contributed by atoms with Gasteiger partial charge in [-0.05, 0) is 25.2 Å². The third-order valence-corrected chi connectivity index (χ3v) is 5.93. The smallest absolute Gasteiger partial charge is 0.0494 e. The first kappa shape index (κ1) is 27.0. The molecule has 0 aromatic heterocycles. The van der Waals surface area contributed by atoms with Gasteiger partial charge in [0.05, 0.1) is 0 Å². The van der Waals surface area contributed by atoms with Crippen molar-refractivity contribution in [1.29, 1.82) is 0 Å². The van der Waals surface area contributed by atoms with Gasteiger partial charge < -0.3 is 4.74 Å². The third kappa shape index (κ3) is 22.1. The van der Waals surface area contributed by atoms with E-state index in [0.29, 0.717) is 0 Å². The Balaban J connectivity index is 3.54. The second-order valence-electron chi connectivity index (χ2n) is 8.82. The van der Waals surface area contributed by atoms with Gasteiger partial charge in [0, 0.05) is 13.2 Å². The van der Waals surface area contributed by atoms with Gasteiger partial charge in [-0.2, -0.15) is 0 Å². The van der Waals surface area contributed by atoms with Crippen LogP contribution in [0.25, 0.3) is 0 Å². The topological polar surface area (TPSA) is 9.23 Å². The van der Waals surface area contributed by atoms with E-state index in [9.17, 15) is 0 Å². The van der Waals surface area contributed by atoms with Gasteiger partial charge in [0.15, 0.2) is 0 Å². The Morgan fingerprint density at radius 2 is 0.815 bits per heavy atom. The molecule has 0 rings (SSSR count). The van der Waals surface area contributed by atoms with Gasteiger partial charge in [-0.25, -0.2) is 0 Å². The van der Waals surface area contributed by atoms with Gasteiger partial charge in [0.1, 0.15) is 0 Å². The fraction of sp³-hybridized carbons (Fsp3) is 1.00. The summed E-state index contributed by atoms with van der Waals surface area (Å²) < 4.78 is 5.95. The van der Waals surface area contributed by atoms with Crippen molar-refractivity contribution in [3.63, 3.8) is 0 Å². The Bertz CT molecular complexity index is 239. The summed E-state index contributed by atoms with van der Waals surface area (Å²) in [6, 6.07) is 0. The molecule has 1 heteroatoms. The molecule has 0 fully saturated rings. The number of hydrogen-bond acceptors (Lipinski definition) is 1. The summed E-state index contributed by atoms with van der Waals surface area (Å²) in [5.41, 5.74) is 0. The highest BCUT2D eigenvalue weighted by molar-refractivity contribution is 4.60. The third-order valence-electron chi connectivity index (χ3n) is 5.93. The maximum absolute atomic E-state index is 5.95. The quantitative estimate of drug-likeness (QED) is 0.160. The molecular formula is C26H54O. The SMILES string of the molecule is CCCCCCCCCCCCCCC(CCCCCC)COCCCC. The molecule has 0 bridgehead atoms. The maximum atomic E-state index is 5.95. The molecule has 0 aliphatic rings. The molecule has 164 valence electrons.